The van der Waals surface area contributed by atoms with E-state index in [9.17, 15) is 4.79 Å². The van der Waals surface area contributed by atoms with Crippen molar-refractivity contribution in [1.29, 1.82) is 0 Å². The Bertz CT molecular complexity index is 2310. The van der Waals surface area contributed by atoms with E-state index in [0.29, 0.717) is 22.9 Å². The topological polar surface area (TPSA) is 60.7 Å². The molecule has 45 heavy (non-hydrogen) atoms. The largest absolute Gasteiger partial charge is 0.276 e. The number of aromatic nitrogens is 4. The average Bonchev–Trinajstić information content (AvgIpc) is 3.13. The summed E-state index contributed by atoms with van der Waals surface area (Å²) in [6, 6.07) is 52.1. The van der Waals surface area contributed by atoms with Gasteiger partial charge < -0.3 is 0 Å². The van der Waals surface area contributed by atoms with E-state index in [1.165, 1.54) is 0 Å². The average molecular weight is 579 g/mol. The van der Waals surface area contributed by atoms with E-state index < -0.39 is 0 Å². The molecule has 2 heterocycles. The highest BCUT2D eigenvalue weighted by atomic mass is 16.1. The summed E-state index contributed by atoms with van der Waals surface area (Å²) in [5.41, 5.74) is 6.46. The predicted octanol–water partition coefficient (Wildman–Crippen LogP) is 9.00. The van der Waals surface area contributed by atoms with E-state index in [4.69, 9.17) is 15.0 Å². The molecule has 5 heteroatoms. The fourth-order valence-electron chi connectivity index (χ4n) is 5.84. The van der Waals surface area contributed by atoms with Crippen LogP contribution >= 0.6 is 0 Å². The maximum absolute atomic E-state index is 14.0. The van der Waals surface area contributed by atoms with Gasteiger partial charge in [-0.3, -0.25) is 9.36 Å². The molecule has 0 bridgehead atoms. The van der Waals surface area contributed by atoms with Crippen molar-refractivity contribution in [3.05, 3.63) is 168 Å². The molecule has 0 N–H and O–H groups in total. The highest BCUT2D eigenvalue weighted by Gasteiger charge is 2.15. The van der Waals surface area contributed by atoms with Gasteiger partial charge in [0, 0.05) is 33.2 Å². The Kier molecular flexibility index (Phi) is 6.54. The van der Waals surface area contributed by atoms with Crippen molar-refractivity contribution in [2.45, 2.75) is 0 Å². The Morgan fingerprint density at radius 3 is 1.38 bits per heavy atom. The van der Waals surface area contributed by atoms with Gasteiger partial charge in [-0.25, -0.2) is 15.0 Å². The minimum absolute atomic E-state index is 0.0591. The first-order valence-electron chi connectivity index (χ1n) is 14.8. The normalized spacial score (nSPS) is 11.2. The summed E-state index contributed by atoms with van der Waals surface area (Å²) < 4.78 is 1.80. The molecule has 6 aromatic carbocycles. The molecule has 0 amide bonds. The lowest BCUT2D eigenvalue weighted by Crippen LogP contribution is -2.19. The molecule has 5 nitrogen and oxygen atoms in total. The van der Waals surface area contributed by atoms with Gasteiger partial charge in [0.1, 0.15) is 0 Å². The molecule has 0 saturated heterocycles. The summed E-state index contributed by atoms with van der Waals surface area (Å²) in [6.45, 7) is 0. The Balaban J connectivity index is 1.27. The Labute approximate surface area is 259 Å². The second-order valence-electron chi connectivity index (χ2n) is 10.9. The van der Waals surface area contributed by atoms with Crippen LogP contribution in [0.5, 0.6) is 0 Å². The van der Waals surface area contributed by atoms with E-state index in [0.717, 1.165) is 49.8 Å². The van der Waals surface area contributed by atoms with Crippen LogP contribution in [0.1, 0.15) is 0 Å². The van der Waals surface area contributed by atoms with Crippen LogP contribution in [0, 0.1) is 0 Å². The van der Waals surface area contributed by atoms with Gasteiger partial charge in [-0.2, -0.15) is 0 Å². The van der Waals surface area contributed by atoms with Crippen molar-refractivity contribution >= 4 is 21.7 Å². The van der Waals surface area contributed by atoms with Crippen molar-refractivity contribution in [1.82, 2.24) is 19.5 Å². The quantitative estimate of drug-likeness (QED) is 0.191. The van der Waals surface area contributed by atoms with E-state index in [1.54, 1.807) is 4.57 Å². The molecule has 0 aliphatic carbocycles. The summed E-state index contributed by atoms with van der Waals surface area (Å²) in [7, 11) is 0. The van der Waals surface area contributed by atoms with E-state index >= 15 is 0 Å². The molecule has 212 valence electrons. The van der Waals surface area contributed by atoms with Crippen LogP contribution in [-0.2, 0) is 0 Å². The summed E-state index contributed by atoms with van der Waals surface area (Å²) in [4.78, 5) is 28.5. The fraction of sp³-hybridized carbons (Fsp3) is 0. The second kappa shape index (κ2) is 11.1. The monoisotopic (exact) mass is 578 g/mol. The molecular formula is C40H26N4O. The zero-order chi connectivity index (χ0) is 30.2. The van der Waals surface area contributed by atoms with Gasteiger partial charge in [-0.1, -0.05) is 115 Å². The molecular weight excluding hydrogens is 552 g/mol. The van der Waals surface area contributed by atoms with Gasteiger partial charge in [-0.05, 0) is 59.0 Å². The third kappa shape index (κ3) is 4.86. The molecule has 2 aromatic heterocycles. The molecule has 0 unspecified atom stereocenters. The van der Waals surface area contributed by atoms with Gasteiger partial charge in [0.05, 0.1) is 5.52 Å². The lowest BCUT2D eigenvalue weighted by atomic mass is 9.99. The SMILES string of the molecule is O=c1c2ccccc2c2cc(-c3ccccc3)ccc2n1-c1ccc(-c2nc(-c3ccccc3)nc(-c3ccccc3)n2)cc1. The molecule has 0 aliphatic heterocycles. The number of hydrogen-bond donors (Lipinski definition) is 0. The number of benzene rings is 6. The lowest BCUT2D eigenvalue weighted by Gasteiger charge is -2.15. The number of pyridine rings is 1. The third-order valence-electron chi connectivity index (χ3n) is 8.08. The Morgan fingerprint density at radius 1 is 0.378 bits per heavy atom. The van der Waals surface area contributed by atoms with Gasteiger partial charge in [0.15, 0.2) is 17.5 Å². The summed E-state index contributed by atoms with van der Waals surface area (Å²) in [6.07, 6.45) is 0. The fourth-order valence-corrected chi connectivity index (χ4v) is 5.84. The number of nitrogens with zero attached hydrogens (tertiary/aromatic N) is 4. The first-order chi connectivity index (χ1) is 22.2. The number of rotatable bonds is 5. The lowest BCUT2D eigenvalue weighted by molar-refractivity contribution is 1.05. The molecule has 0 saturated carbocycles. The summed E-state index contributed by atoms with van der Waals surface area (Å²) in [5.74, 6) is 1.78. The second-order valence-corrected chi connectivity index (χ2v) is 10.9. The van der Waals surface area contributed by atoms with Gasteiger partial charge >= 0.3 is 0 Å². The number of fused-ring (bicyclic) bond motifs is 3. The van der Waals surface area contributed by atoms with Crippen LogP contribution in [0.2, 0.25) is 0 Å². The first-order valence-corrected chi connectivity index (χ1v) is 14.8. The van der Waals surface area contributed by atoms with Crippen LogP contribution in [0.3, 0.4) is 0 Å². The van der Waals surface area contributed by atoms with Crippen molar-refractivity contribution in [2.75, 3.05) is 0 Å². The standard InChI is InChI=1S/C40H26N4O/c45-40-34-19-11-10-18-33(34)35-26-31(27-12-4-1-5-13-27)22-25-36(35)44(40)32-23-20-30(21-24-32)39-42-37(28-14-6-2-7-15-28)41-38(43-39)29-16-8-3-9-17-29/h1-26H. The molecule has 8 rings (SSSR count). The Morgan fingerprint density at radius 2 is 0.822 bits per heavy atom. The van der Waals surface area contributed by atoms with E-state index in [2.05, 4.69) is 24.3 Å². The zero-order valence-electron chi connectivity index (χ0n) is 24.2. The van der Waals surface area contributed by atoms with Crippen LogP contribution in [0.15, 0.2) is 163 Å². The van der Waals surface area contributed by atoms with Crippen molar-refractivity contribution in [3.63, 3.8) is 0 Å². The van der Waals surface area contributed by atoms with Crippen molar-refractivity contribution < 1.29 is 0 Å². The van der Waals surface area contributed by atoms with Gasteiger partial charge in [0.2, 0.25) is 0 Å². The zero-order valence-corrected chi connectivity index (χ0v) is 24.2. The van der Waals surface area contributed by atoms with Crippen LogP contribution < -0.4 is 5.56 Å². The van der Waals surface area contributed by atoms with E-state index in [-0.39, 0.29) is 5.56 Å². The Hall–Kier alpha value is -6.20. The highest BCUT2D eigenvalue weighted by molar-refractivity contribution is 6.07. The summed E-state index contributed by atoms with van der Waals surface area (Å²) >= 11 is 0. The highest BCUT2D eigenvalue weighted by Crippen LogP contribution is 2.31. The molecule has 0 atom stereocenters. The van der Waals surface area contributed by atoms with Crippen LogP contribution in [0.25, 0.3) is 72.7 Å². The van der Waals surface area contributed by atoms with Gasteiger partial charge in [0.25, 0.3) is 5.56 Å². The number of hydrogen-bond acceptors (Lipinski definition) is 4. The minimum atomic E-state index is -0.0591. The van der Waals surface area contributed by atoms with Crippen LogP contribution in [-0.4, -0.2) is 19.5 Å². The molecule has 8 aromatic rings. The van der Waals surface area contributed by atoms with Gasteiger partial charge in [-0.15, -0.1) is 0 Å². The van der Waals surface area contributed by atoms with Crippen molar-refractivity contribution in [2.24, 2.45) is 0 Å². The first kappa shape index (κ1) is 26.4. The third-order valence-corrected chi connectivity index (χ3v) is 8.08. The maximum atomic E-state index is 14.0. The maximum Gasteiger partial charge on any atom is 0.263 e. The molecule has 0 fully saturated rings. The van der Waals surface area contributed by atoms with Crippen LogP contribution in [0.4, 0.5) is 0 Å². The summed E-state index contributed by atoms with van der Waals surface area (Å²) in [5, 5.41) is 2.64. The molecule has 0 aliphatic rings. The predicted molar refractivity (Wildman–Crippen MR) is 182 cm³/mol. The smallest absolute Gasteiger partial charge is 0.263 e. The minimum Gasteiger partial charge on any atom is -0.276 e. The molecule has 0 radical (unpaired) electrons. The molecule has 0 spiro atoms. The van der Waals surface area contributed by atoms with E-state index in [1.807, 2.05) is 133 Å². The van der Waals surface area contributed by atoms with Crippen molar-refractivity contribution in [3.8, 4) is 51.0 Å².